The van der Waals surface area contributed by atoms with E-state index >= 15 is 0 Å². The molecule has 0 fully saturated rings. The average Bonchev–Trinajstić information content (AvgIpc) is 3.38. The lowest BCUT2D eigenvalue weighted by molar-refractivity contribution is 0.0924. The molecule has 0 spiro atoms. The van der Waals surface area contributed by atoms with Crippen molar-refractivity contribution in [2.24, 2.45) is 0 Å². The first-order valence-electron chi connectivity index (χ1n) is 10.1. The maximum Gasteiger partial charge on any atom is 0.286 e. The molecular formula is C22H24N2O4S2. The van der Waals surface area contributed by atoms with Crippen molar-refractivity contribution in [2.75, 3.05) is 6.54 Å². The van der Waals surface area contributed by atoms with E-state index in [0.717, 1.165) is 30.7 Å². The zero-order chi connectivity index (χ0) is 21.0. The summed E-state index contributed by atoms with van der Waals surface area (Å²) >= 11 is 1.80. The lowest BCUT2D eigenvalue weighted by Gasteiger charge is -2.06. The number of fused-ring (bicyclic) bond motifs is 1. The maximum atomic E-state index is 12.4. The number of rotatable bonds is 8. The quantitative estimate of drug-likeness (QED) is 0.532. The fraction of sp³-hybridized carbons (Fsp3) is 0.364. The molecule has 0 radical (unpaired) electrons. The smallest absolute Gasteiger partial charge is 0.286 e. The van der Waals surface area contributed by atoms with Crippen LogP contribution in [0.15, 0.2) is 51.8 Å². The number of nitrogens with one attached hydrogen (secondary N) is 1. The van der Waals surface area contributed by atoms with Crippen molar-refractivity contribution in [2.45, 2.75) is 49.2 Å². The van der Waals surface area contributed by atoms with Gasteiger partial charge in [0, 0.05) is 17.8 Å². The molecule has 0 aliphatic heterocycles. The van der Waals surface area contributed by atoms with Gasteiger partial charge in [-0.3, -0.25) is 4.79 Å². The number of furan rings is 1. The van der Waals surface area contributed by atoms with Gasteiger partial charge in [0.2, 0.25) is 0 Å². The molecule has 158 valence electrons. The van der Waals surface area contributed by atoms with Gasteiger partial charge in [-0.15, -0.1) is 11.3 Å². The van der Waals surface area contributed by atoms with E-state index < -0.39 is 9.84 Å². The van der Waals surface area contributed by atoms with Crippen molar-refractivity contribution in [3.63, 3.8) is 0 Å². The molecule has 1 N–H and O–H groups in total. The first kappa shape index (κ1) is 20.8. The molecule has 0 saturated carbocycles. The number of benzene rings is 1. The monoisotopic (exact) mass is 444 g/mol. The Kier molecular flexibility index (Phi) is 6.34. The number of sulfone groups is 1. The Morgan fingerprint density at radius 3 is 2.70 bits per heavy atom. The summed E-state index contributed by atoms with van der Waals surface area (Å²) in [4.78, 5) is 18.7. The van der Waals surface area contributed by atoms with E-state index in [1.54, 1.807) is 41.7 Å². The summed E-state index contributed by atoms with van der Waals surface area (Å²) in [6, 6.07) is 11.3. The van der Waals surface area contributed by atoms with Crippen molar-refractivity contribution in [1.29, 1.82) is 0 Å². The number of nitrogens with zero attached hydrogens (tertiary/aromatic N) is 1. The molecule has 3 aromatic rings. The Labute approximate surface area is 180 Å². The molecule has 0 atom stereocenters. The summed E-state index contributed by atoms with van der Waals surface area (Å²) in [6.45, 7) is 0.515. The van der Waals surface area contributed by atoms with Crippen LogP contribution < -0.4 is 5.32 Å². The fourth-order valence-corrected chi connectivity index (χ4v) is 5.98. The molecule has 0 bridgehead atoms. The fourth-order valence-electron chi connectivity index (χ4n) is 3.52. The van der Waals surface area contributed by atoms with Gasteiger partial charge in [-0.05, 0) is 56.4 Å². The van der Waals surface area contributed by atoms with Gasteiger partial charge in [0.25, 0.3) is 5.91 Å². The zero-order valence-corrected chi connectivity index (χ0v) is 18.2. The van der Waals surface area contributed by atoms with E-state index in [-0.39, 0.29) is 28.1 Å². The van der Waals surface area contributed by atoms with Gasteiger partial charge in [-0.1, -0.05) is 18.2 Å². The Balaban J connectivity index is 1.26. The average molecular weight is 445 g/mol. The molecular weight excluding hydrogens is 420 g/mol. The topological polar surface area (TPSA) is 89.3 Å². The Morgan fingerprint density at radius 1 is 1.10 bits per heavy atom. The van der Waals surface area contributed by atoms with Crippen molar-refractivity contribution < 1.29 is 17.6 Å². The van der Waals surface area contributed by atoms with Crippen LogP contribution in [0.4, 0.5) is 0 Å². The van der Waals surface area contributed by atoms with Crippen LogP contribution in [0.1, 0.15) is 51.2 Å². The third-order valence-corrected chi connectivity index (χ3v) is 7.94. The first-order valence-corrected chi connectivity index (χ1v) is 12.6. The summed E-state index contributed by atoms with van der Waals surface area (Å²) < 4.78 is 30.3. The number of carbonyl (C=O) groups is 1. The number of carbonyl (C=O) groups excluding carboxylic acids is 1. The van der Waals surface area contributed by atoms with Crippen LogP contribution in [-0.4, -0.2) is 25.9 Å². The molecule has 2 heterocycles. The van der Waals surface area contributed by atoms with E-state index in [0.29, 0.717) is 6.54 Å². The van der Waals surface area contributed by atoms with Gasteiger partial charge in [0.15, 0.2) is 15.6 Å². The molecule has 6 nitrogen and oxygen atoms in total. The van der Waals surface area contributed by atoms with Crippen LogP contribution in [-0.2, 0) is 34.9 Å². The highest BCUT2D eigenvalue weighted by atomic mass is 32.2. The second kappa shape index (κ2) is 9.14. The van der Waals surface area contributed by atoms with Gasteiger partial charge in [0.1, 0.15) is 11.5 Å². The van der Waals surface area contributed by atoms with Crippen molar-refractivity contribution >= 4 is 27.1 Å². The zero-order valence-electron chi connectivity index (χ0n) is 16.6. The highest BCUT2D eigenvalue weighted by Gasteiger charge is 2.19. The number of aryl methyl sites for hydroxylation is 3. The van der Waals surface area contributed by atoms with Gasteiger partial charge in [-0.2, -0.15) is 0 Å². The van der Waals surface area contributed by atoms with E-state index in [9.17, 15) is 13.2 Å². The third kappa shape index (κ3) is 4.99. The second-order valence-electron chi connectivity index (χ2n) is 7.38. The van der Waals surface area contributed by atoms with Gasteiger partial charge in [-0.25, -0.2) is 13.4 Å². The van der Waals surface area contributed by atoms with Gasteiger partial charge < -0.3 is 9.73 Å². The highest BCUT2D eigenvalue weighted by Crippen LogP contribution is 2.27. The highest BCUT2D eigenvalue weighted by molar-refractivity contribution is 7.90. The minimum atomic E-state index is -3.51. The van der Waals surface area contributed by atoms with E-state index in [1.807, 2.05) is 0 Å². The Hall–Kier alpha value is -2.45. The third-order valence-electron chi connectivity index (χ3n) is 5.06. The predicted molar refractivity (Wildman–Crippen MR) is 115 cm³/mol. The molecule has 0 unspecified atom stereocenters. The van der Waals surface area contributed by atoms with Crippen LogP contribution >= 0.6 is 11.3 Å². The van der Waals surface area contributed by atoms with Gasteiger partial charge >= 0.3 is 0 Å². The molecule has 30 heavy (non-hydrogen) atoms. The molecule has 1 amide bonds. The molecule has 0 saturated heterocycles. The van der Waals surface area contributed by atoms with Crippen molar-refractivity contribution in [3.05, 3.63) is 69.6 Å². The van der Waals surface area contributed by atoms with Crippen molar-refractivity contribution in [1.82, 2.24) is 10.3 Å². The lowest BCUT2D eigenvalue weighted by Crippen LogP contribution is -2.24. The molecule has 8 heteroatoms. The van der Waals surface area contributed by atoms with E-state index in [2.05, 4.69) is 5.32 Å². The molecule has 1 aromatic carbocycles. The molecule has 1 aliphatic carbocycles. The van der Waals surface area contributed by atoms with Crippen LogP contribution in [0.25, 0.3) is 0 Å². The number of thiazole rings is 1. The summed E-state index contributed by atoms with van der Waals surface area (Å²) in [5.41, 5.74) is 1.26. The minimum absolute atomic E-state index is 0.123. The SMILES string of the molecule is O=C(NCCCc1nc2c(s1)CCCC2)c1ccc(CS(=O)(=O)c2ccccc2)o1. The number of hydrogen-bond donors (Lipinski definition) is 1. The largest absolute Gasteiger partial charge is 0.455 e. The summed E-state index contributed by atoms with van der Waals surface area (Å²) in [7, 11) is -3.51. The minimum Gasteiger partial charge on any atom is -0.455 e. The standard InChI is InChI=1S/C22H24N2O4S2/c25-22(23-14-6-11-21-24-18-9-4-5-10-20(18)29-21)19-13-12-16(28-19)15-30(26,27)17-7-2-1-3-8-17/h1-3,7-8,12-13H,4-6,9-11,14-15H2,(H,23,25). The van der Waals surface area contributed by atoms with Crippen LogP contribution in [0.3, 0.4) is 0 Å². The summed E-state index contributed by atoms with van der Waals surface area (Å²) in [5, 5.41) is 3.97. The van der Waals surface area contributed by atoms with Crippen LogP contribution in [0.5, 0.6) is 0 Å². The first-order chi connectivity index (χ1) is 14.5. The Bertz CT molecular complexity index is 1090. The van der Waals surface area contributed by atoms with Crippen LogP contribution in [0.2, 0.25) is 0 Å². The van der Waals surface area contributed by atoms with E-state index in [4.69, 9.17) is 9.40 Å². The van der Waals surface area contributed by atoms with Gasteiger partial charge in [0.05, 0.1) is 15.6 Å². The Morgan fingerprint density at radius 2 is 1.90 bits per heavy atom. The lowest BCUT2D eigenvalue weighted by atomic mass is 10.0. The maximum absolute atomic E-state index is 12.4. The molecule has 4 rings (SSSR count). The van der Waals surface area contributed by atoms with Crippen molar-refractivity contribution in [3.8, 4) is 0 Å². The number of amides is 1. The second-order valence-corrected chi connectivity index (χ2v) is 10.5. The predicted octanol–water partition coefficient (Wildman–Crippen LogP) is 3.95. The van der Waals surface area contributed by atoms with Crippen LogP contribution in [0, 0.1) is 0 Å². The number of hydrogen-bond acceptors (Lipinski definition) is 6. The van der Waals surface area contributed by atoms with E-state index in [1.165, 1.54) is 35.5 Å². The summed E-state index contributed by atoms with van der Waals surface area (Å²) in [5.74, 6) is -0.244. The number of aromatic nitrogens is 1. The summed E-state index contributed by atoms with van der Waals surface area (Å²) in [6.07, 6.45) is 6.35. The molecule has 2 aromatic heterocycles. The normalized spacial score (nSPS) is 13.7. The molecule has 1 aliphatic rings.